The van der Waals surface area contributed by atoms with Crippen molar-refractivity contribution in [2.24, 2.45) is 5.92 Å². The van der Waals surface area contributed by atoms with Crippen molar-refractivity contribution in [2.75, 3.05) is 19.6 Å². The smallest absolute Gasteiger partial charge is 0.317 e. The van der Waals surface area contributed by atoms with Gasteiger partial charge in [-0.3, -0.25) is 9.69 Å². The van der Waals surface area contributed by atoms with Gasteiger partial charge in [0, 0.05) is 12.5 Å². The summed E-state index contributed by atoms with van der Waals surface area (Å²) in [5.41, 5.74) is 0. The second-order valence-corrected chi connectivity index (χ2v) is 3.13. The van der Waals surface area contributed by atoms with Crippen LogP contribution in [0.15, 0.2) is 0 Å². The Bertz CT molecular complexity index is 207. The fraction of sp³-hybridized carbons (Fsp3) is 0.667. The van der Waals surface area contributed by atoms with Crippen molar-refractivity contribution in [3.05, 3.63) is 0 Å². The molecule has 1 N–H and O–H groups in total. The van der Waals surface area contributed by atoms with Crippen LogP contribution < -0.4 is 0 Å². The van der Waals surface area contributed by atoms with E-state index in [-0.39, 0.29) is 12.5 Å². The quantitative estimate of drug-likeness (QED) is 0.606. The molecule has 0 amide bonds. The maximum absolute atomic E-state index is 10.4. The van der Waals surface area contributed by atoms with Crippen LogP contribution in [-0.2, 0) is 4.79 Å². The van der Waals surface area contributed by atoms with E-state index in [0.29, 0.717) is 0 Å². The van der Waals surface area contributed by atoms with Crippen molar-refractivity contribution < 1.29 is 9.90 Å². The Balaban J connectivity index is 2.36. The highest BCUT2D eigenvalue weighted by Crippen LogP contribution is 2.14. The molecule has 1 aliphatic rings. The van der Waals surface area contributed by atoms with Crippen molar-refractivity contribution in [2.45, 2.75) is 12.8 Å². The Morgan fingerprint density at radius 3 is 3.08 bits per heavy atom. The number of terminal acetylenes is 1. The highest BCUT2D eigenvalue weighted by Gasteiger charge is 2.19. The third-order valence-corrected chi connectivity index (χ3v) is 2.10. The van der Waals surface area contributed by atoms with E-state index in [1.807, 2.05) is 4.90 Å². The number of hydrogen-bond acceptors (Lipinski definition) is 2. The number of likely N-dealkylation sites (tertiary alicyclic amines) is 1. The molecule has 0 saturated carbocycles. The Morgan fingerprint density at radius 2 is 2.50 bits per heavy atom. The average Bonchev–Trinajstić information content (AvgIpc) is 2.03. The molecule has 1 atom stereocenters. The molecule has 3 heteroatoms. The highest BCUT2D eigenvalue weighted by molar-refractivity contribution is 5.69. The molecular weight excluding hydrogens is 154 g/mol. The predicted octanol–water partition coefficient (Wildman–Crippen LogP) is 0.416. The van der Waals surface area contributed by atoms with Gasteiger partial charge in [-0.05, 0) is 19.4 Å². The molecule has 0 aromatic rings. The van der Waals surface area contributed by atoms with Gasteiger partial charge in [0.15, 0.2) is 0 Å². The van der Waals surface area contributed by atoms with E-state index in [9.17, 15) is 4.79 Å². The number of piperidine rings is 1. The summed E-state index contributed by atoms with van der Waals surface area (Å²) >= 11 is 0. The Kier molecular flexibility index (Phi) is 3.12. The average molecular weight is 167 g/mol. The van der Waals surface area contributed by atoms with E-state index in [1.54, 1.807) is 0 Å². The van der Waals surface area contributed by atoms with Gasteiger partial charge in [0.2, 0.25) is 0 Å². The minimum Gasteiger partial charge on any atom is -0.480 e. The van der Waals surface area contributed by atoms with Crippen LogP contribution in [0.4, 0.5) is 0 Å². The fourth-order valence-electron chi connectivity index (χ4n) is 1.53. The van der Waals surface area contributed by atoms with Crippen LogP contribution in [0, 0.1) is 18.3 Å². The maximum atomic E-state index is 10.4. The largest absolute Gasteiger partial charge is 0.480 e. The first-order chi connectivity index (χ1) is 5.72. The SMILES string of the molecule is C#CC1CCCN(CC(=O)O)C1. The maximum Gasteiger partial charge on any atom is 0.317 e. The first-order valence-corrected chi connectivity index (χ1v) is 4.12. The van der Waals surface area contributed by atoms with Crippen LogP contribution in [0.25, 0.3) is 0 Å². The summed E-state index contributed by atoms with van der Waals surface area (Å²) in [5, 5.41) is 8.53. The summed E-state index contributed by atoms with van der Waals surface area (Å²) in [6.07, 6.45) is 7.32. The third-order valence-electron chi connectivity index (χ3n) is 2.10. The van der Waals surface area contributed by atoms with E-state index in [0.717, 1.165) is 25.9 Å². The lowest BCUT2D eigenvalue weighted by Crippen LogP contribution is -2.38. The molecule has 1 aliphatic heterocycles. The standard InChI is InChI=1S/C9H13NO2/c1-2-8-4-3-5-10(6-8)7-9(11)12/h1,8H,3-7H2,(H,11,12). The number of carboxylic acid groups (broad SMARTS) is 1. The molecular formula is C9H13NO2. The molecule has 0 aliphatic carbocycles. The minimum atomic E-state index is -0.771. The van der Waals surface area contributed by atoms with Gasteiger partial charge in [-0.1, -0.05) is 0 Å². The van der Waals surface area contributed by atoms with E-state index >= 15 is 0 Å². The van der Waals surface area contributed by atoms with Crippen molar-refractivity contribution >= 4 is 5.97 Å². The Morgan fingerprint density at radius 1 is 1.75 bits per heavy atom. The van der Waals surface area contributed by atoms with E-state index in [4.69, 9.17) is 11.5 Å². The first-order valence-electron chi connectivity index (χ1n) is 4.12. The van der Waals surface area contributed by atoms with Crippen LogP contribution in [0.1, 0.15) is 12.8 Å². The van der Waals surface area contributed by atoms with E-state index in [1.165, 1.54) is 0 Å². The lowest BCUT2D eigenvalue weighted by Gasteiger charge is -2.28. The summed E-state index contributed by atoms with van der Waals surface area (Å²) < 4.78 is 0. The van der Waals surface area contributed by atoms with Gasteiger partial charge in [-0.2, -0.15) is 0 Å². The van der Waals surface area contributed by atoms with Gasteiger partial charge in [0.25, 0.3) is 0 Å². The minimum absolute atomic E-state index is 0.123. The molecule has 0 aromatic carbocycles. The van der Waals surface area contributed by atoms with Gasteiger partial charge in [-0.25, -0.2) is 0 Å². The summed E-state index contributed by atoms with van der Waals surface area (Å²) in [6.45, 7) is 1.73. The molecule has 1 heterocycles. The topological polar surface area (TPSA) is 40.5 Å². The predicted molar refractivity (Wildman–Crippen MR) is 45.6 cm³/mol. The molecule has 1 rings (SSSR count). The second-order valence-electron chi connectivity index (χ2n) is 3.13. The first kappa shape index (κ1) is 9.08. The normalized spacial score (nSPS) is 24.8. The number of carbonyl (C=O) groups is 1. The lowest BCUT2D eigenvalue weighted by atomic mass is 9.99. The van der Waals surface area contributed by atoms with Crippen LogP contribution in [-0.4, -0.2) is 35.6 Å². The van der Waals surface area contributed by atoms with Gasteiger partial charge < -0.3 is 5.11 Å². The van der Waals surface area contributed by atoms with Gasteiger partial charge in [0.1, 0.15) is 0 Å². The molecule has 0 radical (unpaired) electrons. The fourth-order valence-corrected chi connectivity index (χ4v) is 1.53. The molecule has 66 valence electrons. The van der Waals surface area contributed by atoms with E-state index < -0.39 is 5.97 Å². The Hall–Kier alpha value is -1.01. The van der Waals surface area contributed by atoms with Crippen LogP contribution in [0.2, 0.25) is 0 Å². The van der Waals surface area contributed by atoms with Gasteiger partial charge >= 0.3 is 5.97 Å². The van der Waals surface area contributed by atoms with Gasteiger partial charge in [0.05, 0.1) is 6.54 Å². The van der Waals surface area contributed by atoms with Crippen molar-refractivity contribution in [3.63, 3.8) is 0 Å². The molecule has 1 unspecified atom stereocenters. The molecule has 3 nitrogen and oxygen atoms in total. The molecule has 12 heavy (non-hydrogen) atoms. The molecule has 1 saturated heterocycles. The van der Waals surface area contributed by atoms with Gasteiger partial charge in [-0.15, -0.1) is 12.3 Å². The monoisotopic (exact) mass is 167 g/mol. The third kappa shape index (κ3) is 2.55. The van der Waals surface area contributed by atoms with Crippen LogP contribution >= 0.6 is 0 Å². The zero-order chi connectivity index (χ0) is 8.97. The summed E-state index contributed by atoms with van der Waals surface area (Å²) in [4.78, 5) is 12.3. The Labute approximate surface area is 72.4 Å². The molecule has 0 bridgehead atoms. The summed E-state index contributed by atoms with van der Waals surface area (Å²) in [7, 11) is 0. The lowest BCUT2D eigenvalue weighted by molar-refractivity contribution is -0.138. The second kappa shape index (κ2) is 4.13. The van der Waals surface area contributed by atoms with Crippen LogP contribution in [0.5, 0.6) is 0 Å². The zero-order valence-corrected chi connectivity index (χ0v) is 6.99. The number of nitrogens with zero attached hydrogens (tertiary/aromatic N) is 1. The van der Waals surface area contributed by atoms with Crippen molar-refractivity contribution in [1.82, 2.24) is 4.90 Å². The van der Waals surface area contributed by atoms with Crippen molar-refractivity contribution in [3.8, 4) is 12.3 Å². The molecule has 1 fully saturated rings. The molecule has 0 aromatic heterocycles. The summed E-state index contributed by atoms with van der Waals surface area (Å²) in [6, 6.07) is 0. The number of carboxylic acids is 1. The summed E-state index contributed by atoms with van der Waals surface area (Å²) in [5.74, 6) is 2.15. The molecule has 0 spiro atoms. The zero-order valence-electron chi connectivity index (χ0n) is 6.99. The number of aliphatic carboxylic acids is 1. The van der Waals surface area contributed by atoms with Crippen LogP contribution in [0.3, 0.4) is 0 Å². The number of rotatable bonds is 2. The highest BCUT2D eigenvalue weighted by atomic mass is 16.4. The van der Waals surface area contributed by atoms with E-state index in [2.05, 4.69) is 5.92 Å². The van der Waals surface area contributed by atoms with Crippen molar-refractivity contribution in [1.29, 1.82) is 0 Å². The number of hydrogen-bond donors (Lipinski definition) is 1.